The first kappa shape index (κ1) is 15.3. The van der Waals surface area contributed by atoms with Gasteiger partial charge in [0.2, 0.25) is 5.91 Å². The number of hydrogen-bond acceptors (Lipinski definition) is 3. The molecule has 1 N–H and O–H groups in total. The summed E-state index contributed by atoms with van der Waals surface area (Å²) >= 11 is 0. The number of nitrogens with zero attached hydrogens (tertiary/aromatic N) is 1. The van der Waals surface area contributed by atoms with Crippen molar-refractivity contribution in [2.45, 2.75) is 13.3 Å². The smallest absolute Gasteiger partial charge is 0.234 e. The zero-order valence-corrected chi connectivity index (χ0v) is 11.3. The highest BCUT2D eigenvalue weighted by molar-refractivity contribution is 5.98. The van der Waals surface area contributed by atoms with Crippen LogP contribution in [-0.4, -0.2) is 43.3 Å². The van der Waals surface area contributed by atoms with Crippen LogP contribution in [0.4, 0.5) is 4.39 Å². The van der Waals surface area contributed by atoms with Crippen molar-refractivity contribution in [3.05, 3.63) is 35.6 Å². The van der Waals surface area contributed by atoms with Crippen molar-refractivity contribution in [2.75, 3.05) is 26.7 Å². The zero-order chi connectivity index (χ0) is 14.3. The molecule has 19 heavy (non-hydrogen) atoms. The van der Waals surface area contributed by atoms with Crippen LogP contribution in [0.2, 0.25) is 0 Å². The second-order valence-corrected chi connectivity index (χ2v) is 4.43. The van der Waals surface area contributed by atoms with Gasteiger partial charge in [0.1, 0.15) is 5.82 Å². The monoisotopic (exact) mass is 266 g/mol. The second-order valence-electron chi connectivity index (χ2n) is 4.43. The Bertz CT molecular complexity index is 449. The summed E-state index contributed by atoms with van der Waals surface area (Å²) in [4.78, 5) is 24.9. The van der Waals surface area contributed by atoms with Crippen LogP contribution in [0.15, 0.2) is 24.3 Å². The normalized spacial score (nSPS) is 10.5. The van der Waals surface area contributed by atoms with E-state index in [0.29, 0.717) is 6.54 Å². The molecule has 1 rings (SSSR count). The molecule has 0 aliphatic heterocycles. The third-order valence-electron chi connectivity index (χ3n) is 2.57. The van der Waals surface area contributed by atoms with Gasteiger partial charge in [-0.3, -0.25) is 14.5 Å². The van der Waals surface area contributed by atoms with Crippen LogP contribution >= 0.6 is 0 Å². The predicted molar refractivity (Wildman–Crippen MR) is 71.5 cm³/mol. The van der Waals surface area contributed by atoms with Crippen LogP contribution in [0.25, 0.3) is 0 Å². The molecule has 4 nitrogen and oxygen atoms in total. The fourth-order valence-electron chi connectivity index (χ4n) is 1.64. The van der Waals surface area contributed by atoms with Crippen molar-refractivity contribution >= 4 is 11.7 Å². The van der Waals surface area contributed by atoms with Gasteiger partial charge in [0.05, 0.1) is 18.7 Å². The Labute approximate surface area is 112 Å². The molecule has 0 spiro atoms. The van der Waals surface area contributed by atoms with Crippen LogP contribution < -0.4 is 5.32 Å². The quantitative estimate of drug-likeness (QED) is 0.760. The maximum Gasteiger partial charge on any atom is 0.234 e. The van der Waals surface area contributed by atoms with Gasteiger partial charge in [0.25, 0.3) is 0 Å². The molecule has 1 aromatic carbocycles. The number of carbonyl (C=O) groups excluding carboxylic acids is 2. The number of rotatable bonds is 7. The van der Waals surface area contributed by atoms with Crippen molar-refractivity contribution < 1.29 is 14.0 Å². The first-order chi connectivity index (χ1) is 9.04. The summed E-state index contributed by atoms with van der Waals surface area (Å²) in [6.45, 7) is 2.72. The topological polar surface area (TPSA) is 49.4 Å². The second kappa shape index (κ2) is 7.63. The summed E-state index contributed by atoms with van der Waals surface area (Å²) in [7, 11) is 1.66. The molecule has 0 bridgehead atoms. The molecule has 1 amide bonds. The molecule has 5 heteroatoms. The van der Waals surface area contributed by atoms with Crippen LogP contribution in [-0.2, 0) is 4.79 Å². The lowest BCUT2D eigenvalue weighted by Gasteiger charge is -2.15. The first-order valence-electron chi connectivity index (χ1n) is 6.27. The molecule has 0 aliphatic rings. The summed E-state index contributed by atoms with van der Waals surface area (Å²) < 4.78 is 13.4. The van der Waals surface area contributed by atoms with Crippen molar-refractivity contribution in [1.82, 2.24) is 10.2 Å². The molecule has 0 heterocycles. The zero-order valence-electron chi connectivity index (χ0n) is 11.3. The highest BCUT2D eigenvalue weighted by Crippen LogP contribution is 2.07. The molecular formula is C14H19FN2O2. The molecule has 1 aromatic rings. The lowest BCUT2D eigenvalue weighted by molar-refractivity contribution is -0.121. The van der Waals surface area contributed by atoms with Gasteiger partial charge in [-0.15, -0.1) is 0 Å². The number of amides is 1. The van der Waals surface area contributed by atoms with E-state index >= 15 is 0 Å². The summed E-state index contributed by atoms with van der Waals surface area (Å²) in [5.74, 6) is -0.995. The van der Waals surface area contributed by atoms with Gasteiger partial charge in [0, 0.05) is 6.54 Å². The van der Waals surface area contributed by atoms with E-state index in [-0.39, 0.29) is 30.3 Å². The predicted octanol–water partition coefficient (Wildman–Crippen LogP) is 1.47. The minimum absolute atomic E-state index is 0.0144. The number of benzene rings is 1. The Kier molecular flexibility index (Phi) is 6.15. The summed E-state index contributed by atoms with van der Waals surface area (Å²) in [5.41, 5.74) is 0.0586. The molecule has 104 valence electrons. The van der Waals surface area contributed by atoms with Gasteiger partial charge in [-0.05, 0) is 25.6 Å². The SMILES string of the molecule is CCCNC(=O)CN(C)CC(=O)c1ccccc1F. The minimum atomic E-state index is -0.531. The summed E-state index contributed by atoms with van der Waals surface area (Å²) in [5, 5.41) is 2.72. The molecule has 0 saturated carbocycles. The molecule has 0 atom stereocenters. The molecular weight excluding hydrogens is 247 g/mol. The average Bonchev–Trinajstić information content (AvgIpc) is 2.36. The van der Waals surface area contributed by atoms with Crippen molar-refractivity contribution in [3.8, 4) is 0 Å². The largest absolute Gasteiger partial charge is 0.355 e. The van der Waals surface area contributed by atoms with Gasteiger partial charge in [0.15, 0.2) is 5.78 Å². The van der Waals surface area contributed by atoms with E-state index in [1.807, 2.05) is 6.92 Å². The highest BCUT2D eigenvalue weighted by Gasteiger charge is 2.14. The van der Waals surface area contributed by atoms with Crippen molar-refractivity contribution in [2.24, 2.45) is 0 Å². The van der Waals surface area contributed by atoms with E-state index in [0.717, 1.165) is 6.42 Å². The fraction of sp³-hybridized carbons (Fsp3) is 0.429. The van der Waals surface area contributed by atoms with E-state index in [4.69, 9.17) is 0 Å². The standard InChI is InChI=1S/C14H19FN2O2/c1-3-8-16-14(19)10-17(2)9-13(18)11-6-4-5-7-12(11)15/h4-7H,3,8-10H2,1-2H3,(H,16,19). The Hall–Kier alpha value is -1.75. The Balaban J connectivity index is 2.48. The number of Topliss-reactive ketones (excluding diaryl/α,β-unsaturated/α-hetero) is 1. The van der Waals surface area contributed by atoms with Crippen LogP contribution in [0.5, 0.6) is 0 Å². The fourth-order valence-corrected chi connectivity index (χ4v) is 1.64. The number of hydrogen-bond donors (Lipinski definition) is 1. The van der Waals surface area contributed by atoms with Crippen LogP contribution in [0.3, 0.4) is 0 Å². The van der Waals surface area contributed by atoms with E-state index in [2.05, 4.69) is 5.32 Å². The summed E-state index contributed by atoms with van der Waals surface area (Å²) in [6, 6.07) is 5.85. The number of carbonyl (C=O) groups is 2. The number of nitrogens with one attached hydrogen (secondary N) is 1. The van der Waals surface area contributed by atoms with Gasteiger partial charge in [-0.1, -0.05) is 19.1 Å². The van der Waals surface area contributed by atoms with Gasteiger partial charge >= 0.3 is 0 Å². The van der Waals surface area contributed by atoms with Gasteiger partial charge in [-0.2, -0.15) is 0 Å². The number of halogens is 1. The number of ketones is 1. The molecule has 0 fully saturated rings. The third-order valence-corrected chi connectivity index (χ3v) is 2.57. The first-order valence-corrected chi connectivity index (χ1v) is 6.27. The lowest BCUT2D eigenvalue weighted by Crippen LogP contribution is -2.37. The van der Waals surface area contributed by atoms with Crippen molar-refractivity contribution in [1.29, 1.82) is 0 Å². The highest BCUT2D eigenvalue weighted by atomic mass is 19.1. The molecule has 0 radical (unpaired) electrons. The molecule has 0 aromatic heterocycles. The summed E-state index contributed by atoms with van der Waals surface area (Å²) in [6.07, 6.45) is 0.865. The van der Waals surface area contributed by atoms with Gasteiger partial charge < -0.3 is 5.32 Å². The Morgan fingerprint density at radius 2 is 1.95 bits per heavy atom. The maximum atomic E-state index is 13.4. The Morgan fingerprint density at radius 3 is 2.58 bits per heavy atom. The van der Waals surface area contributed by atoms with E-state index < -0.39 is 5.82 Å². The van der Waals surface area contributed by atoms with Crippen LogP contribution in [0, 0.1) is 5.82 Å². The van der Waals surface area contributed by atoms with E-state index in [9.17, 15) is 14.0 Å². The molecule has 0 saturated heterocycles. The minimum Gasteiger partial charge on any atom is -0.355 e. The molecule has 0 unspecified atom stereocenters. The number of likely N-dealkylation sites (N-methyl/N-ethyl adjacent to an activating group) is 1. The van der Waals surface area contributed by atoms with E-state index in [1.54, 1.807) is 18.0 Å². The molecule has 0 aliphatic carbocycles. The average molecular weight is 266 g/mol. The van der Waals surface area contributed by atoms with Crippen molar-refractivity contribution in [3.63, 3.8) is 0 Å². The maximum absolute atomic E-state index is 13.4. The lowest BCUT2D eigenvalue weighted by atomic mass is 10.1. The third kappa shape index (κ3) is 5.18. The van der Waals surface area contributed by atoms with Gasteiger partial charge in [-0.25, -0.2) is 4.39 Å². The van der Waals surface area contributed by atoms with E-state index in [1.165, 1.54) is 18.2 Å². The Morgan fingerprint density at radius 1 is 1.26 bits per heavy atom. The van der Waals surface area contributed by atoms with Crippen LogP contribution in [0.1, 0.15) is 23.7 Å².